The van der Waals surface area contributed by atoms with Crippen LogP contribution >= 0.6 is 0 Å². The molecule has 4 heteroatoms. The average molecular weight is 225 g/mol. The van der Waals surface area contributed by atoms with Crippen molar-refractivity contribution in [2.24, 2.45) is 5.92 Å². The summed E-state index contributed by atoms with van der Waals surface area (Å²) in [5, 5.41) is 3.53. The number of hydrogen-bond acceptors (Lipinski definition) is 3. The lowest BCUT2D eigenvalue weighted by atomic mass is 9.94. The Balaban J connectivity index is 1.80. The van der Waals surface area contributed by atoms with Crippen molar-refractivity contribution in [2.45, 2.75) is 25.3 Å². The molecule has 0 aromatic carbocycles. The van der Waals surface area contributed by atoms with E-state index in [1.807, 2.05) is 14.1 Å². The molecule has 2 unspecified atom stereocenters. The summed E-state index contributed by atoms with van der Waals surface area (Å²) >= 11 is 0. The van der Waals surface area contributed by atoms with Gasteiger partial charge in [0.25, 0.3) is 0 Å². The van der Waals surface area contributed by atoms with E-state index in [-0.39, 0.29) is 0 Å². The van der Waals surface area contributed by atoms with Crippen LogP contribution in [0.4, 0.5) is 0 Å². The maximum atomic E-state index is 12.0. The van der Waals surface area contributed by atoms with Gasteiger partial charge < -0.3 is 15.1 Å². The first kappa shape index (κ1) is 11.9. The number of hydrogen-bond donors (Lipinski definition) is 1. The molecule has 2 fully saturated rings. The summed E-state index contributed by atoms with van der Waals surface area (Å²) in [6.07, 6.45) is 3.21. The summed E-state index contributed by atoms with van der Waals surface area (Å²) in [7, 11) is 4.02. The van der Waals surface area contributed by atoms with Gasteiger partial charge in [-0.15, -0.1) is 0 Å². The average Bonchev–Trinajstić information content (AvgIpc) is 2.69. The predicted octanol–water partition coefficient (Wildman–Crippen LogP) is 0.149. The molecule has 2 heterocycles. The highest BCUT2D eigenvalue weighted by Crippen LogP contribution is 2.25. The van der Waals surface area contributed by atoms with Gasteiger partial charge in [0.05, 0.1) is 0 Å². The van der Waals surface area contributed by atoms with Gasteiger partial charge in [0.1, 0.15) is 0 Å². The summed E-state index contributed by atoms with van der Waals surface area (Å²) in [4.78, 5) is 16.1. The first-order valence-corrected chi connectivity index (χ1v) is 6.32. The van der Waals surface area contributed by atoms with Crippen LogP contribution in [-0.2, 0) is 4.79 Å². The van der Waals surface area contributed by atoms with Gasteiger partial charge in [0.15, 0.2) is 0 Å². The Labute approximate surface area is 98.0 Å². The largest absolute Gasteiger partial charge is 0.341 e. The van der Waals surface area contributed by atoms with Crippen molar-refractivity contribution in [1.29, 1.82) is 0 Å². The normalized spacial score (nSPS) is 29.6. The Kier molecular flexibility index (Phi) is 3.82. The number of nitrogens with zero attached hydrogens (tertiary/aromatic N) is 2. The first-order valence-electron chi connectivity index (χ1n) is 6.32. The minimum atomic E-state index is 0.324. The van der Waals surface area contributed by atoms with Crippen molar-refractivity contribution in [3.63, 3.8) is 0 Å². The smallest absolute Gasteiger partial charge is 0.223 e. The summed E-state index contributed by atoms with van der Waals surface area (Å²) in [5.41, 5.74) is 0. The molecule has 0 bridgehead atoms. The molecule has 0 aromatic heterocycles. The standard InChI is InChI=1S/C12H23N3O/c1-14(2)7-5-12(16)15-8-10-4-3-6-13-11(10)9-15/h10-11,13H,3-9H2,1-2H3. The monoisotopic (exact) mass is 225 g/mol. The highest BCUT2D eigenvalue weighted by molar-refractivity contribution is 5.76. The van der Waals surface area contributed by atoms with Crippen LogP contribution in [0, 0.1) is 5.92 Å². The van der Waals surface area contributed by atoms with Gasteiger partial charge in [-0.2, -0.15) is 0 Å². The van der Waals surface area contributed by atoms with Gasteiger partial charge in [-0.3, -0.25) is 4.79 Å². The molecule has 2 aliphatic heterocycles. The highest BCUT2D eigenvalue weighted by atomic mass is 16.2. The zero-order valence-electron chi connectivity index (χ0n) is 10.4. The number of fused-ring (bicyclic) bond motifs is 1. The van der Waals surface area contributed by atoms with E-state index in [0.717, 1.165) is 26.2 Å². The molecule has 2 atom stereocenters. The van der Waals surface area contributed by atoms with Gasteiger partial charge in [0, 0.05) is 32.1 Å². The molecule has 2 aliphatic rings. The van der Waals surface area contributed by atoms with Gasteiger partial charge in [0.2, 0.25) is 5.91 Å². The predicted molar refractivity (Wildman–Crippen MR) is 64.3 cm³/mol. The number of likely N-dealkylation sites (tertiary alicyclic amines) is 1. The Morgan fingerprint density at radius 3 is 2.94 bits per heavy atom. The lowest BCUT2D eigenvalue weighted by molar-refractivity contribution is -0.130. The number of carbonyl (C=O) groups excluding carboxylic acids is 1. The maximum absolute atomic E-state index is 12.0. The number of carbonyl (C=O) groups is 1. The Morgan fingerprint density at radius 2 is 2.25 bits per heavy atom. The maximum Gasteiger partial charge on any atom is 0.223 e. The summed E-state index contributed by atoms with van der Waals surface area (Å²) in [5.74, 6) is 1.03. The van der Waals surface area contributed by atoms with Crippen LogP contribution in [0.3, 0.4) is 0 Å². The van der Waals surface area contributed by atoms with Gasteiger partial charge >= 0.3 is 0 Å². The molecule has 16 heavy (non-hydrogen) atoms. The number of nitrogens with one attached hydrogen (secondary N) is 1. The minimum Gasteiger partial charge on any atom is -0.341 e. The Hall–Kier alpha value is -0.610. The Morgan fingerprint density at radius 1 is 1.44 bits per heavy atom. The van der Waals surface area contributed by atoms with Crippen molar-refractivity contribution in [3.05, 3.63) is 0 Å². The fourth-order valence-electron chi connectivity index (χ4n) is 2.73. The lowest BCUT2D eigenvalue weighted by Gasteiger charge is -2.24. The molecular weight excluding hydrogens is 202 g/mol. The van der Waals surface area contributed by atoms with Crippen molar-refractivity contribution >= 4 is 5.91 Å². The van der Waals surface area contributed by atoms with Crippen molar-refractivity contribution < 1.29 is 4.79 Å². The summed E-state index contributed by atoms with van der Waals surface area (Å²) < 4.78 is 0. The third-order valence-electron chi connectivity index (χ3n) is 3.72. The second-order valence-electron chi connectivity index (χ2n) is 5.31. The third kappa shape index (κ3) is 2.74. The quantitative estimate of drug-likeness (QED) is 0.742. The van der Waals surface area contributed by atoms with Gasteiger partial charge in [-0.1, -0.05) is 0 Å². The molecule has 4 nitrogen and oxygen atoms in total. The summed E-state index contributed by atoms with van der Waals surface area (Å²) in [6.45, 7) is 3.89. The number of amides is 1. The van der Waals surface area contributed by atoms with E-state index in [1.165, 1.54) is 12.8 Å². The number of rotatable bonds is 3. The Bertz CT molecular complexity index is 241. The zero-order chi connectivity index (χ0) is 11.5. The lowest BCUT2D eigenvalue weighted by Crippen LogP contribution is -2.41. The van der Waals surface area contributed by atoms with Crippen LogP contribution in [-0.4, -0.2) is 62.0 Å². The van der Waals surface area contributed by atoms with E-state index in [1.54, 1.807) is 0 Å². The number of piperidine rings is 1. The van der Waals surface area contributed by atoms with Crippen molar-refractivity contribution in [3.8, 4) is 0 Å². The second-order valence-corrected chi connectivity index (χ2v) is 5.31. The molecule has 2 rings (SSSR count). The SMILES string of the molecule is CN(C)CCC(=O)N1CC2CCCNC2C1. The molecule has 0 aromatic rings. The molecule has 0 radical (unpaired) electrons. The van der Waals surface area contributed by atoms with E-state index in [4.69, 9.17) is 0 Å². The van der Waals surface area contributed by atoms with Crippen LogP contribution < -0.4 is 5.32 Å². The van der Waals surface area contributed by atoms with E-state index in [0.29, 0.717) is 24.3 Å². The molecule has 0 saturated carbocycles. The fourth-order valence-corrected chi connectivity index (χ4v) is 2.73. The highest BCUT2D eigenvalue weighted by Gasteiger charge is 2.35. The molecule has 0 aliphatic carbocycles. The van der Waals surface area contributed by atoms with Crippen molar-refractivity contribution in [1.82, 2.24) is 15.1 Å². The molecule has 0 spiro atoms. The van der Waals surface area contributed by atoms with E-state index in [2.05, 4.69) is 15.1 Å². The van der Waals surface area contributed by atoms with Gasteiger partial charge in [-0.05, 0) is 39.4 Å². The molecule has 1 amide bonds. The molecule has 1 N–H and O–H groups in total. The minimum absolute atomic E-state index is 0.324. The van der Waals surface area contributed by atoms with Crippen molar-refractivity contribution in [2.75, 3.05) is 40.3 Å². The van der Waals surface area contributed by atoms with Gasteiger partial charge in [-0.25, -0.2) is 0 Å². The zero-order valence-corrected chi connectivity index (χ0v) is 10.4. The molecule has 92 valence electrons. The fraction of sp³-hybridized carbons (Fsp3) is 0.917. The van der Waals surface area contributed by atoms with E-state index < -0.39 is 0 Å². The van der Waals surface area contributed by atoms with E-state index >= 15 is 0 Å². The molecule has 2 saturated heterocycles. The summed E-state index contributed by atoms with van der Waals surface area (Å²) in [6, 6.07) is 0.567. The third-order valence-corrected chi connectivity index (χ3v) is 3.72. The van der Waals surface area contributed by atoms with Crippen LogP contribution in [0.5, 0.6) is 0 Å². The van der Waals surface area contributed by atoms with E-state index in [9.17, 15) is 4.79 Å². The molecular formula is C12H23N3O. The van der Waals surface area contributed by atoms with Crippen LogP contribution in [0.15, 0.2) is 0 Å². The van der Waals surface area contributed by atoms with Crippen LogP contribution in [0.2, 0.25) is 0 Å². The second kappa shape index (κ2) is 5.15. The first-order chi connectivity index (χ1) is 7.66. The van der Waals surface area contributed by atoms with Crippen LogP contribution in [0.25, 0.3) is 0 Å². The topological polar surface area (TPSA) is 35.6 Å². The van der Waals surface area contributed by atoms with Crippen LogP contribution in [0.1, 0.15) is 19.3 Å².